The second-order valence-electron chi connectivity index (χ2n) is 7.00. The van der Waals surface area contributed by atoms with Crippen molar-refractivity contribution in [3.8, 4) is 0 Å². The van der Waals surface area contributed by atoms with Crippen molar-refractivity contribution in [1.29, 1.82) is 0 Å². The number of hydrogen-bond acceptors (Lipinski definition) is 3. The molecule has 6 heteroatoms. The van der Waals surface area contributed by atoms with Gasteiger partial charge in [-0.15, -0.1) is 0 Å². The van der Waals surface area contributed by atoms with Crippen molar-refractivity contribution in [2.45, 2.75) is 39.3 Å². The molecule has 4 rings (SSSR count). The molecule has 1 aliphatic rings. The zero-order chi connectivity index (χ0) is 17.6. The van der Waals surface area contributed by atoms with E-state index < -0.39 is 0 Å². The van der Waals surface area contributed by atoms with Crippen LogP contribution >= 0.6 is 0 Å². The highest BCUT2D eigenvalue weighted by atomic mass is 19.1. The lowest BCUT2D eigenvalue weighted by molar-refractivity contribution is 0.242. The van der Waals surface area contributed by atoms with Crippen LogP contribution in [-0.4, -0.2) is 26.4 Å². The summed E-state index contributed by atoms with van der Waals surface area (Å²) in [5.74, 6) is 0.727. The molecule has 130 valence electrons. The molecule has 0 saturated carbocycles. The molecule has 0 spiro atoms. The maximum Gasteiger partial charge on any atom is 0.255 e. The molecule has 25 heavy (non-hydrogen) atoms. The molecular weight excluding hydrogens is 319 g/mol. The van der Waals surface area contributed by atoms with Crippen LogP contribution in [0.4, 0.5) is 4.39 Å². The number of hydrogen-bond donors (Lipinski definition) is 2. The Morgan fingerprint density at radius 1 is 1.36 bits per heavy atom. The quantitative estimate of drug-likeness (QED) is 0.770. The summed E-state index contributed by atoms with van der Waals surface area (Å²) >= 11 is 0. The Balaban J connectivity index is 1.59. The number of benzene rings is 1. The zero-order valence-corrected chi connectivity index (χ0v) is 14.4. The fraction of sp³-hybridized carbons (Fsp3) is 0.368. The minimum absolute atomic E-state index is 0.0283. The molecule has 0 saturated heterocycles. The van der Waals surface area contributed by atoms with Gasteiger partial charge >= 0.3 is 0 Å². The Kier molecular flexibility index (Phi) is 3.92. The highest BCUT2D eigenvalue weighted by molar-refractivity contribution is 5.83. The first-order valence-electron chi connectivity index (χ1n) is 8.61. The molecule has 1 aromatic carbocycles. The van der Waals surface area contributed by atoms with Gasteiger partial charge in [0, 0.05) is 49.1 Å². The Morgan fingerprint density at radius 3 is 3.00 bits per heavy atom. The molecule has 2 aromatic heterocycles. The van der Waals surface area contributed by atoms with E-state index in [1.165, 1.54) is 12.1 Å². The van der Waals surface area contributed by atoms with Crippen molar-refractivity contribution in [2.24, 2.45) is 0 Å². The first-order chi connectivity index (χ1) is 12.0. The van der Waals surface area contributed by atoms with Crippen LogP contribution in [0.15, 0.2) is 29.2 Å². The molecule has 0 unspecified atom stereocenters. The molecule has 0 radical (unpaired) electrons. The average molecular weight is 340 g/mol. The molecule has 3 heterocycles. The minimum Gasteiger partial charge on any atom is -0.361 e. The van der Waals surface area contributed by atoms with Gasteiger partial charge in [-0.2, -0.15) is 0 Å². The first kappa shape index (κ1) is 16.0. The van der Waals surface area contributed by atoms with E-state index in [0.29, 0.717) is 6.54 Å². The Labute approximate surface area is 144 Å². The van der Waals surface area contributed by atoms with Crippen LogP contribution in [0.1, 0.15) is 42.4 Å². The second-order valence-corrected chi connectivity index (χ2v) is 7.00. The van der Waals surface area contributed by atoms with Crippen LogP contribution in [0.2, 0.25) is 0 Å². The Bertz CT molecular complexity index is 989. The van der Waals surface area contributed by atoms with Crippen molar-refractivity contribution in [2.75, 3.05) is 6.54 Å². The molecule has 0 amide bonds. The van der Waals surface area contributed by atoms with Gasteiger partial charge in [-0.3, -0.25) is 9.69 Å². The van der Waals surface area contributed by atoms with E-state index in [0.717, 1.165) is 53.1 Å². The normalized spacial score (nSPS) is 15.0. The van der Waals surface area contributed by atoms with Crippen molar-refractivity contribution in [3.05, 3.63) is 63.2 Å². The maximum absolute atomic E-state index is 13.3. The molecule has 1 aliphatic heterocycles. The van der Waals surface area contributed by atoms with E-state index >= 15 is 0 Å². The smallest absolute Gasteiger partial charge is 0.255 e. The van der Waals surface area contributed by atoms with Crippen LogP contribution in [0, 0.1) is 5.82 Å². The summed E-state index contributed by atoms with van der Waals surface area (Å²) in [6.45, 7) is 6.22. The van der Waals surface area contributed by atoms with E-state index in [-0.39, 0.29) is 17.3 Å². The summed E-state index contributed by atoms with van der Waals surface area (Å²) in [7, 11) is 0. The summed E-state index contributed by atoms with van der Waals surface area (Å²) in [5.41, 5.74) is 3.57. The van der Waals surface area contributed by atoms with Gasteiger partial charge in [0.25, 0.3) is 5.56 Å². The number of aromatic amines is 2. The third-order valence-electron chi connectivity index (χ3n) is 4.84. The SMILES string of the molecule is CC(C)c1nc2c(c(=O)[nH]1)CN(Cc1c[nH]c3cc(F)ccc13)CC2. The third-order valence-corrected chi connectivity index (χ3v) is 4.84. The second kappa shape index (κ2) is 6.11. The monoisotopic (exact) mass is 340 g/mol. The van der Waals surface area contributed by atoms with Gasteiger partial charge in [-0.1, -0.05) is 13.8 Å². The van der Waals surface area contributed by atoms with Gasteiger partial charge in [-0.25, -0.2) is 9.37 Å². The average Bonchev–Trinajstić information content (AvgIpc) is 2.97. The standard InChI is InChI=1S/C19H21FN4O/c1-11(2)18-22-16-5-6-24(10-15(16)19(25)23-18)9-12-8-21-17-7-13(20)3-4-14(12)17/h3-4,7-8,11,21H,5-6,9-10H2,1-2H3,(H,22,23,25). The summed E-state index contributed by atoms with van der Waals surface area (Å²) < 4.78 is 13.3. The number of nitrogens with one attached hydrogen (secondary N) is 2. The molecule has 0 fully saturated rings. The van der Waals surface area contributed by atoms with E-state index in [1.54, 1.807) is 6.07 Å². The summed E-state index contributed by atoms with van der Waals surface area (Å²) in [4.78, 5) is 25.3. The van der Waals surface area contributed by atoms with Gasteiger partial charge in [0.15, 0.2) is 0 Å². The fourth-order valence-electron chi connectivity index (χ4n) is 3.44. The van der Waals surface area contributed by atoms with E-state index in [4.69, 9.17) is 0 Å². The number of H-pyrrole nitrogens is 2. The lowest BCUT2D eigenvalue weighted by Gasteiger charge is -2.27. The van der Waals surface area contributed by atoms with Gasteiger partial charge in [-0.05, 0) is 23.8 Å². The maximum atomic E-state index is 13.3. The molecule has 0 bridgehead atoms. The highest BCUT2D eigenvalue weighted by Gasteiger charge is 2.22. The van der Waals surface area contributed by atoms with Crippen LogP contribution in [-0.2, 0) is 19.5 Å². The van der Waals surface area contributed by atoms with Crippen LogP contribution in [0.5, 0.6) is 0 Å². The summed E-state index contributed by atoms with van der Waals surface area (Å²) in [6, 6.07) is 4.79. The highest BCUT2D eigenvalue weighted by Crippen LogP contribution is 2.23. The van der Waals surface area contributed by atoms with Crippen molar-refractivity contribution >= 4 is 10.9 Å². The van der Waals surface area contributed by atoms with Gasteiger partial charge < -0.3 is 9.97 Å². The van der Waals surface area contributed by atoms with Gasteiger partial charge in [0.1, 0.15) is 11.6 Å². The number of halogens is 1. The van der Waals surface area contributed by atoms with Gasteiger partial charge in [0.05, 0.1) is 11.3 Å². The number of fused-ring (bicyclic) bond motifs is 2. The lowest BCUT2D eigenvalue weighted by atomic mass is 10.0. The molecule has 0 aliphatic carbocycles. The molecule has 0 atom stereocenters. The van der Waals surface area contributed by atoms with Crippen molar-refractivity contribution in [3.63, 3.8) is 0 Å². The van der Waals surface area contributed by atoms with Crippen LogP contribution < -0.4 is 5.56 Å². The predicted octanol–water partition coefficient (Wildman–Crippen LogP) is 3.07. The largest absolute Gasteiger partial charge is 0.361 e. The molecular formula is C19H21FN4O. The zero-order valence-electron chi connectivity index (χ0n) is 14.4. The van der Waals surface area contributed by atoms with E-state index in [9.17, 15) is 9.18 Å². The minimum atomic E-state index is -0.244. The predicted molar refractivity (Wildman–Crippen MR) is 95.0 cm³/mol. The van der Waals surface area contributed by atoms with Crippen molar-refractivity contribution in [1.82, 2.24) is 19.9 Å². The van der Waals surface area contributed by atoms with Crippen molar-refractivity contribution < 1.29 is 4.39 Å². The molecule has 2 N–H and O–H groups in total. The summed E-state index contributed by atoms with van der Waals surface area (Å²) in [5, 5.41) is 1.02. The Morgan fingerprint density at radius 2 is 2.20 bits per heavy atom. The van der Waals surface area contributed by atoms with Gasteiger partial charge in [0.2, 0.25) is 0 Å². The number of rotatable bonds is 3. The van der Waals surface area contributed by atoms with Crippen LogP contribution in [0.3, 0.4) is 0 Å². The van der Waals surface area contributed by atoms with E-state index in [2.05, 4.69) is 19.9 Å². The molecule has 5 nitrogen and oxygen atoms in total. The number of aromatic nitrogens is 3. The number of nitrogens with zero attached hydrogens (tertiary/aromatic N) is 2. The third kappa shape index (κ3) is 2.98. The fourth-order valence-corrected chi connectivity index (χ4v) is 3.44. The van der Waals surface area contributed by atoms with Crippen LogP contribution in [0.25, 0.3) is 10.9 Å². The van der Waals surface area contributed by atoms with E-state index in [1.807, 2.05) is 20.0 Å². The summed E-state index contributed by atoms with van der Waals surface area (Å²) in [6.07, 6.45) is 2.69. The Hall–Kier alpha value is -2.47. The topological polar surface area (TPSA) is 64.8 Å². The lowest BCUT2D eigenvalue weighted by Crippen LogP contribution is -2.35. The first-order valence-corrected chi connectivity index (χ1v) is 8.61. The molecule has 3 aromatic rings.